The Morgan fingerprint density at radius 3 is 2.70 bits per heavy atom. The van der Waals surface area contributed by atoms with E-state index >= 15 is 0 Å². The Hall–Kier alpha value is -1.75. The highest BCUT2D eigenvalue weighted by atomic mass is 35.5. The van der Waals surface area contributed by atoms with Gasteiger partial charge in [-0.25, -0.2) is 0 Å². The normalized spacial score (nSPS) is 19.1. The highest BCUT2D eigenvalue weighted by Crippen LogP contribution is 2.38. The van der Waals surface area contributed by atoms with Crippen molar-refractivity contribution in [2.24, 2.45) is 0 Å². The molecule has 0 aliphatic carbocycles. The number of benzene rings is 2. The van der Waals surface area contributed by atoms with Gasteiger partial charge in [-0.05, 0) is 17.7 Å². The standard InChI is InChI=1S/C18H20ClNO3/c1-21-18-14(19)8-5-9-15(18)23-17(13-6-3-2-4-7-13)16-12-20-10-11-22-16/h2-9,16-17,20H,10-12H2,1H3/t16-,17-/m0/s1. The van der Waals surface area contributed by atoms with Gasteiger partial charge < -0.3 is 19.5 Å². The molecule has 1 aliphatic rings. The zero-order chi connectivity index (χ0) is 16.1. The molecule has 0 bridgehead atoms. The topological polar surface area (TPSA) is 39.7 Å². The molecule has 0 unspecified atom stereocenters. The van der Waals surface area contributed by atoms with Crippen molar-refractivity contribution in [2.45, 2.75) is 12.2 Å². The largest absolute Gasteiger partial charge is 0.491 e. The van der Waals surface area contributed by atoms with Crippen molar-refractivity contribution < 1.29 is 14.2 Å². The van der Waals surface area contributed by atoms with Crippen molar-refractivity contribution in [1.29, 1.82) is 0 Å². The molecule has 1 heterocycles. The third-order valence-corrected chi connectivity index (χ3v) is 4.11. The predicted molar refractivity (Wildman–Crippen MR) is 90.4 cm³/mol. The van der Waals surface area contributed by atoms with Gasteiger partial charge in [0.05, 0.1) is 18.7 Å². The summed E-state index contributed by atoms with van der Waals surface area (Å²) in [4.78, 5) is 0. The van der Waals surface area contributed by atoms with E-state index in [9.17, 15) is 0 Å². The lowest BCUT2D eigenvalue weighted by atomic mass is 10.0. The van der Waals surface area contributed by atoms with Crippen LogP contribution in [0.3, 0.4) is 0 Å². The van der Waals surface area contributed by atoms with E-state index < -0.39 is 0 Å². The summed E-state index contributed by atoms with van der Waals surface area (Å²) in [6, 6.07) is 15.6. The fourth-order valence-electron chi connectivity index (χ4n) is 2.70. The number of methoxy groups -OCH3 is 1. The zero-order valence-electron chi connectivity index (χ0n) is 13.0. The first kappa shape index (κ1) is 16.1. The zero-order valence-corrected chi connectivity index (χ0v) is 13.8. The Bertz CT molecular complexity index is 629. The van der Waals surface area contributed by atoms with Crippen LogP contribution in [-0.4, -0.2) is 32.9 Å². The van der Waals surface area contributed by atoms with Crippen molar-refractivity contribution in [1.82, 2.24) is 5.32 Å². The molecule has 0 amide bonds. The van der Waals surface area contributed by atoms with Gasteiger partial charge in [0.25, 0.3) is 0 Å². The van der Waals surface area contributed by atoms with Crippen LogP contribution in [0.15, 0.2) is 48.5 Å². The molecule has 0 saturated carbocycles. The molecule has 1 saturated heterocycles. The van der Waals surface area contributed by atoms with E-state index in [0.717, 1.165) is 18.7 Å². The molecule has 2 atom stereocenters. The summed E-state index contributed by atoms with van der Waals surface area (Å²) < 4.78 is 17.6. The van der Waals surface area contributed by atoms with Gasteiger partial charge in [-0.3, -0.25) is 0 Å². The number of rotatable bonds is 5. The summed E-state index contributed by atoms with van der Waals surface area (Å²) in [6.07, 6.45) is -0.314. The smallest absolute Gasteiger partial charge is 0.179 e. The molecule has 4 nitrogen and oxygen atoms in total. The van der Waals surface area contributed by atoms with E-state index in [2.05, 4.69) is 5.32 Å². The molecule has 0 radical (unpaired) electrons. The van der Waals surface area contributed by atoms with Crippen LogP contribution < -0.4 is 14.8 Å². The fourth-order valence-corrected chi connectivity index (χ4v) is 2.94. The lowest BCUT2D eigenvalue weighted by Crippen LogP contribution is -2.43. The molecular formula is C18H20ClNO3. The van der Waals surface area contributed by atoms with Gasteiger partial charge >= 0.3 is 0 Å². The molecule has 1 N–H and O–H groups in total. The van der Waals surface area contributed by atoms with Crippen LogP contribution in [0.4, 0.5) is 0 Å². The SMILES string of the molecule is COc1c(Cl)cccc1O[C@@H](c1ccccc1)[C@@H]1CNCCO1. The molecule has 23 heavy (non-hydrogen) atoms. The van der Waals surface area contributed by atoms with Crippen LogP contribution in [0.1, 0.15) is 11.7 Å². The fraction of sp³-hybridized carbons (Fsp3) is 0.333. The lowest BCUT2D eigenvalue weighted by Gasteiger charge is -2.32. The maximum absolute atomic E-state index is 6.27. The van der Waals surface area contributed by atoms with Gasteiger partial charge in [-0.1, -0.05) is 48.0 Å². The molecule has 1 fully saturated rings. The second-order valence-corrected chi connectivity index (χ2v) is 5.74. The summed E-state index contributed by atoms with van der Waals surface area (Å²) in [5.74, 6) is 1.15. The van der Waals surface area contributed by atoms with Crippen molar-refractivity contribution in [2.75, 3.05) is 26.8 Å². The maximum atomic E-state index is 6.27. The Morgan fingerprint density at radius 2 is 2.00 bits per heavy atom. The molecule has 2 aromatic rings. The van der Waals surface area contributed by atoms with Gasteiger partial charge in [-0.2, -0.15) is 0 Å². The molecule has 2 aromatic carbocycles. The quantitative estimate of drug-likeness (QED) is 0.909. The average molecular weight is 334 g/mol. The summed E-state index contributed by atoms with van der Waals surface area (Å²) in [5.41, 5.74) is 1.06. The Kier molecular flexibility index (Phi) is 5.39. The van der Waals surface area contributed by atoms with E-state index in [0.29, 0.717) is 23.1 Å². The first-order valence-electron chi connectivity index (χ1n) is 7.66. The van der Waals surface area contributed by atoms with Crippen LogP contribution in [0.5, 0.6) is 11.5 Å². The van der Waals surface area contributed by atoms with E-state index in [4.69, 9.17) is 25.8 Å². The van der Waals surface area contributed by atoms with Crippen molar-refractivity contribution >= 4 is 11.6 Å². The van der Waals surface area contributed by atoms with Gasteiger partial charge in [0.1, 0.15) is 6.10 Å². The first-order valence-corrected chi connectivity index (χ1v) is 8.04. The number of hydrogen-bond donors (Lipinski definition) is 1. The van der Waals surface area contributed by atoms with Gasteiger partial charge in [0.2, 0.25) is 0 Å². The maximum Gasteiger partial charge on any atom is 0.179 e. The molecule has 0 aromatic heterocycles. The third-order valence-electron chi connectivity index (χ3n) is 3.81. The minimum absolute atomic E-state index is 0.0742. The van der Waals surface area contributed by atoms with Gasteiger partial charge in [0, 0.05) is 13.1 Å². The number of nitrogens with one attached hydrogen (secondary N) is 1. The van der Waals surface area contributed by atoms with E-state index in [1.54, 1.807) is 13.2 Å². The average Bonchev–Trinajstić information content (AvgIpc) is 2.61. The molecule has 122 valence electrons. The molecular weight excluding hydrogens is 314 g/mol. The van der Waals surface area contributed by atoms with Crippen LogP contribution in [-0.2, 0) is 4.74 Å². The summed E-state index contributed by atoms with van der Waals surface area (Å²) in [5, 5.41) is 3.88. The minimum Gasteiger partial charge on any atom is -0.491 e. The molecule has 3 rings (SSSR count). The molecule has 0 spiro atoms. The number of hydrogen-bond acceptors (Lipinski definition) is 4. The number of halogens is 1. The van der Waals surface area contributed by atoms with Gasteiger partial charge in [-0.15, -0.1) is 0 Å². The van der Waals surface area contributed by atoms with Crippen molar-refractivity contribution in [3.63, 3.8) is 0 Å². The van der Waals surface area contributed by atoms with E-state index in [1.807, 2.05) is 42.5 Å². The highest BCUT2D eigenvalue weighted by molar-refractivity contribution is 6.32. The van der Waals surface area contributed by atoms with E-state index in [1.165, 1.54) is 0 Å². The van der Waals surface area contributed by atoms with E-state index in [-0.39, 0.29) is 12.2 Å². The third kappa shape index (κ3) is 3.78. The first-order chi connectivity index (χ1) is 11.3. The van der Waals surface area contributed by atoms with Crippen LogP contribution in [0, 0.1) is 0 Å². The summed E-state index contributed by atoms with van der Waals surface area (Å²) in [6.45, 7) is 2.27. The Morgan fingerprint density at radius 1 is 1.17 bits per heavy atom. The number of para-hydroxylation sites is 1. The van der Waals surface area contributed by atoms with Crippen LogP contribution in [0.25, 0.3) is 0 Å². The van der Waals surface area contributed by atoms with Gasteiger partial charge in [0.15, 0.2) is 17.6 Å². The minimum atomic E-state index is -0.239. The predicted octanol–water partition coefficient (Wildman–Crippen LogP) is 3.46. The second kappa shape index (κ2) is 7.68. The Labute approximate surface area is 141 Å². The summed E-state index contributed by atoms with van der Waals surface area (Å²) >= 11 is 6.20. The monoisotopic (exact) mass is 333 g/mol. The summed E-state index contributed by atoms with van der Waals surface area (Å²) in [7, 11) is 1.59. The highest BCUT2D eigenvalue weighted by Gasteiger charge is 2.28. The van der Waals surface area contributed by atoms with Crippen LogP contribution in [0.2, 0.25) is 5.02 Å². The molecule has 1 aliphatic heterocycles. The Balaban J connectivity index is 1.91. The lowest BCUT2D eigenvalue weighted by molar-refractivity contribution is -0.0438. The van der Waals surface area contributed by atoms with Crippen molar-refractivity contribution in [3.05, 3.63) is 59.1 Å². The number of morpholine rings is 1. The number of ether oxygens (including phenoxy) is 3. The second-order valence-electron chi connectivity index (χ2n) is 5.33. The van der Waals surface area contributed by atoms with Crippen LogP contribution >= 0.6 is 11.6 Å². The molecule has 5 heteroatoms. The van der Waals surface area contributed by atoms with Crippen molar-refractivity contribution in [3.8, 4) is 11.5 Å².